The van der Waals surface area contributed by atoms with Crippen LogP contribution in [0.1, 0.15) is 40.7 Å². The Morgan fingerprint density at radius 2 is 1.74 bits per heavy atom. The van der Waals surface area contributed by atoms with Gasteiger partial charge in [-0.15, -0.1) is 0 Å². The first-order valence-corrected chi connectivity index (χ1v) is 12.3. The highest BCUT2D eigenvalue weighted by Gasteiger charge is 2.31. The first kappa shape index (κ1) is 25.3. The van der Waals surface area contributed by atoms with Crippen molar-refractivity contribution in [1.82, 2.24) is 4.57 Å². The van der Waals surface area contributed by atoms with Gasteiger partial charge in [-0.05, 0) is 41.0 Å². The summed E-state index contributed by atoms with van der Waals surface area (Å²) in [5.41, 5.74) is 3.63. The number of aliphatic hydroxyl groups excluding tert-OH is 1. The van der Waals surface area contributed by atoms with Crippen LogP contribution in [-0.2, 0) is 27.5 Å². The molecule has 1 aliphatic rings. The van der Waals surface area contributed by atoms with Gasteiger partial charge < -0.3 is 25.0 Å². The van der Waals surface area contributed by atoms with E-state index in [4.69, 9.17) is 9.47 Å². The standard InChI is InChI=1S/C30H28N2O6/c1-19(34)32-16-24(23-6-2-4-8-26(23)32)22-14-28(30(36)31-25-7-3-5-9-27(25)35)38-29(15-22)37-18-21-12-10-20(17-33)11-13-21/h2-14,16,22,29,33,35H,15,17-18H2,1H3,(H,31,36)/t22-,29+/m1/s1. The van der Waals surface area contributed by atoms with Crippen molar-refractivity contribution in [2.24, 2.45) is 0 Å². The van der Waals surface area contributed by atoms with E-state index in [1.807, 2.05) is 54.7 Å². The van der Waals surface area contributed by atoms with Crippen molar-refractivity contribution in [1.29, 1.82) is 0 Å². The second-order valence-corrected chi connectivity index (χ2v) is 9.17. The smallest absolute Gasteiger partial charge is 0.290 e. The Bertz CT molecular complexity index is 1500. The van der Waals surface area contributed by atoms with Crippen LogP contribution in [-0.4, -0.2) is 32.9 Å². The lowest BCUT2D eigenvalue weighted by Gasteiger charge is -2.29. The first-order valence-electron chi connectivity index (χ1n) is 12.3. The van der Waals surface area contributed by atoms with Crippen molar-refractivity contribution >= 4 is 28.4 Å². The number of carbonyl (C=O) groups is 2. The van der Waals surface area contributed by atoms with Crippen LogP contribution in [0.3, 0.4) is 0 Å². The quantitative estimate of drug-likeness (QED) is 0.298. The summed E-state index contributed by atoms with van der Waals surface area (Å²) in [5, 5.41) is 23.0. The minimum absolute atomic E-state index is 0.0390. The molecule has 8 nitrogen and oxygen atoms in total. The Hall–Kier alpha value is -4.40. The van der Waals surface area contributed by atoms with E-state index in [1.165, 1.54) is 13.0 Å². The second kappa shape index (κ2) is 10.9. The fourth-order valence-electron chi connectivity index (χ4n) is 4.59. The van der Waals surface area contributed by atoms with Gasteiger partial charge in [0, 0.05) is 30.8 Å². The molecule has 3 N–H and O–H groups in total. The number of ether oxygens (including phenoxy) is 2. The molecule has 0 fully saturated rings. The maximum atomic E-state index is 13.2. The summed E-state index contributed by atoms with van der Waals surface area (Å²) in [5.74, 6) is -0.907. The first-order chi connectivity index (χ1) is 18.4. The van der Waals surface area contributed by atoms with Gasteiger partial charge in [0.25, 0.3) is 5.91 Å². The highest BCUT2D eigenvalue weighted by Crippen LogP contribution is 2.37. The lowest BCUT2D eigenvalue weighted by atomic mass is 9.92. The van der Waals surface area contributed by atoms with E-state index in [9.17, 15) is 19.8 Å². The van der Waals surface area contributed by atoms with Crippen molar-refractivity contribution in [2.45, 2.75) is 38.8 Å². The van der Waals surface area contributed by atoms with Crippen molar-refractivity contribution < 1.29 is 29.3 Å². The molecule has 0 aliphatic carbocycles. The number of aromatic hydroxyl groups is 1. The van der Waals surface area contributed by atoms with E-state index < -0.39 is 12.2 Å². The lowest BCUT2D eigenvalue weighted by Crippen LogP contribution is -2.29. The van der Waals surface area contributed by atoms with E-state index in [-0.39, 0.29) is 42.2 Å². The number of benzene rings is 3. The third-order valence-corrected chi connectivity index (χ3v) is 6.56. The van der Waals surface area contributed by atoms with Crippen molar-refractivity contribution in [3.63, 3.8) is 0 Å². The van der Waals surface area contributed by atoms with Crippen molar-refractivity contribution in [3.8, 4) is 5.75 Å². The normalized spacial score (nSPS) is 17.1. The number of hydrogen-bond donors (Lipinski definition) is 3. The molecule has 194 valence electrons. The van der Waals surface area contributed by atoms with Crippen LogP contribution in [0.4, 0.5) is 5.69 Å². The second-order valence-electron chi connectivity index (χ2n) is 9.17. The number of carbonyl (C=O) groups excluding carboxylic acids is 2. The number of phenols is 1. The van der Waals surface area contributed by atoms with E-state index in [0.717, 1.165) is 27.6 Å². The van der Waals surface area contributed by atoms with Crippen LogP contribution in [0.5, 0.6) is 5.75 Å². The van der Waals surface area contributed by atoms with Gasteiger partial charge in [-0.3, -0.25) is 14.2 Å². The van der Waals surface area contributed by atoms with E-state index >= 15 is 0 Å². The van der Waals surface area contributed by atoms with Crippen LogP contribution in [0.15, 0.2) is 90.8 Å². The summed E-state index contributed by atoms with van der Waals surface area (Å²) < 4.78 is 13.7. The molecular weight excluding hydrogens is 484 g/mol. The minimum Gasteiger partial charge on any atom is -0.506 e. The Morgan fingerprint density at radius 1 is 1.03 bits per heavy atom. The number of nitrogens with zero attached hydrogens (tertiary/aromatic N) is 1. The van der Waals surface area contributed by atoms with E-state index in [2.05, 4.69) is 5.32 Å². The highest BCUT2D eigenvalue weighted by atomic mass is 16.7. The maximum Gasteiger partial charge on any atom is 0.290 e. The summed E-state index contributed by atoms with van der Waals surface area (Å²) in [6.07, 6.45) is 3.22. The molecule has 38 heavy (non-hydrogen) atoms. The third-order valence-electron chi connectivity index (χ3n) is 6.56. The summed E-state index contributed by atoms with van der Waals surface area (Å²) in [4.78, 5) is 25.5. The zero-order valence-electron chi connectivity index (χ0n) is 20.8. The van der Waals surface area contributed by atoms with E-state index in [1.54, 1.807) is 28.8 Å². The van der Waals surface area contributed by atoms with Crippen molar-refractivity contribution in [3.05, 3.63) is 108 Å². The van der Waals surface area contributed by atoms with Crippen LogP contribution in [0.25, 0.3) is 10.9 Å². The molecule has 0 spiro atoms. The van der Waals surface area contributed by atoms with Gasteiger partial charge in [0.05, 0.1) is 24.4 Å². The van der Waals surface area contributed by atoms with Crippen LogP contribution < -0.4 is 5.32 Å². The van der Waals surface area contributed by atoms with Gasteiger partial charge in [-0.1, -0.05) is 54.6 Å². The highest BCUT2D eigenvalue weighted by molar-refractivity contribution is 6.03. The summed E-state index contributed by atoms with van der Waals surface area (Å²) in [7, 11) is 0. The lowest BCUT2D eigenvalue weighted by molar-refractivity contribution is -0.147. The summed E-state index contributed by atoms with van der Waals surface area (Å²) in [6.45, 7) is 1.71. The zero-order chi connectivity index (χ0) is 26.6. The number of allylic oxidation sites excluding steroid dienone is 1. The molecule has 3 aromatic carbocycles. The largest absolute Gasteiger partial charge is 0.506 e. The molecule has 0 saturated carbocycles. The van der Waals surface area contributed by atoms with Gasteiger partial charge in [-0.25, -0.2) is 0 Å². The van der Waals surface area contributed by atoms with Crippen molar-refractivity contribution in [2.75, 3.05) is 5.32 Å². The Morgan fingerprint density at radius 3 is 2.47 bits per heavy atom. The summed E-state index contributed by atoms with van der Waals surface area (Å²) in [6, 6.07) is 21.5. The molecule has 8 heteroatoms. The number of nitrogens with one attached hydrogen (secondary N) is 1. The molecule has 0 unspecified atom stereocenters. The number of fused-ring (bicyclic) bond motifs is 1. The number of para-hydroxylation sites is 3. The van der Waals surface area contributed by atoms with Crippen LogP contribution in [0, 0.1) is 0 Å². The van der Waals surface area contributed by atoms with Gasteiger partial charge in [0.2, 0.25) is 12.2 Å². The molecule has 0 bridgehead atoms. The SMILES string of the molecule is CC(=O)n1cc([C@@H]2C=C(C(=O)Nc3ccccc3O)O[C@H](OCc3ccc(CO)cc3)C2)c2ccccc21. The molecule has 4 aromatic rings. The number of rotatable bonds is 7. The third kappa shape index (κ3) is 5.32. The molecular formula is C30H28N2O6. The summed E-state index contributed by atoms with van der Waals surface area (Å²) >= 11 is 0. The molecule has 1 amide bonds. The van der Waals surface area contributed by atoms with E-state index in [0.29, 0.717) is 6.42 Å². The average Bonchev–Trinajstić information content (AvgIpc) is 3.33. The number of anilines is 1. The monoisotopic (exact) mass is 512 g/mol. The number of aromatic nitrogens is 1. The molecule has 5 rings (SSSR count). The minimum atomic E-state index is -0.743. The number of hydrogen-bond acceptors (Lipinski definition) is 6. The van der Waals surface area contributed by atoms with Crippen LogP contribution >= 0.6 is 0 Å². The number of phenolic OH excluding ortho intramolecular Hbond substituents is 1. The van der Waals surface area contributed by atoms with Gasteiger partial charge in [0.15, 0.2) is 5.76 Å². The van der Waals surface area contributed by atoms with Gasteiger partial charge in [0.1, 0.15) is 5.75 Å². The molecule has 2 heterocycles. The molecule has 2 atom stereocenters. The number of amides is 1. The van der Waals surface area contributed by atoms with Gasteiger partial charge >= 0.3 is 0 Å². The topological polar surface area (TPSA) is 110 Å². The Kier molecular flexibility index (Phi) is 7.26. The fourth-order valence-corrected chi connectivity index (χ4v) is 4.59. The molecule has 0 saturated heterocycles. The molecule has 0 radical (unpaired) electrons. The Balaban J connectivity index is 1.45. The average molecular weight is 513 g/mol. The maximum absolute atomic E-state index is 13.2. The zero-order valence-corrected chi connectivity index (χ0v) is 20.8. The predicted octanol–water partition coefficient (Wildman–Crippen LogP) is 5.07. The molecule has 1 aromatic heterocycles. The predicted molar refractivity (Wildman–Crippen MR) is 142 cm³/mol. The van der Waals surface area contributed by atoms with Gasteiger partial charge in [-0.2, -0.15) is 0 Å². The Labute approximate surface area is 219 Å². The molecule has 1 aliphatic heterocycles. The van der Waals surface area contributed by atoms with Crippen LogP contribution in [0.2, 0.25) is 0 Å². The fraction of sp³-hybridized carbons (Fsp3) is 0.200. The number of aliphatic hydroxyl groups is 1.